The van der Waals surface area contributed by atoms with E-state index in [1.165, 1.54) is 25.7 Å². The third-order valence-electron chi connectivity index (χ3n) is 3.69. The first-order valence-corrected chi connectivity index (χ1v) is 6.95. The average molecular weight is 236 g/mol. The third-order valence-corrected chi connectivity index (χ3v) is 3.69. The van der Waals surface area contributed by atoms with Crippen LogP contribution in [0.15, 0.2) is 10.6 Å². The van der Waals surface area contributed by atoms with Gasteiger partial charge in [0.2, 0.25) is 5.89 Å². The Labute approximate surface area is 104 Å². The number of aromatic nitrogens is 1. The fourth-order valence-electron chi connectivity index (χ4n) is 2.51. The van der Waals surface area contributed by atoms with Crippen LogP contribution in [0.2, 0.25) is 0 Å². The van der Waals surface area contributed by atoms with Crippen LogP contribution in [0.4, 0.5) is 0 Å². The molecule has 1 aliphatic rings. The Morgan fingerprint density at radius 1 is 1.35 bits per heavy atom. The van der Waals surface area contributed by atoms with Crippen LogP contribution in [-0.2, 0) is 6.54 Å². The van der Waals surface area contributed by atoms with Gasteiger partial charge in [0, 0.05) is 5.92 Å². The lowest BCUT2D eigenvalue weighted by molar-refractivity contribution is 0.307. The zero-order valence-corrected chi connectivity index (χ0v) is 11.0. The van der Waals surface area contributed by atoms with Crippen molar-refractivity contribution in [3.8, 4) is 0 Å². The molecule has 0 radical (unpaired) electrons. The van der Waals surface area contributed by atoms with E-state index < -0.39 is 0 Å². The normalized spacial score (nSPS) is 25.1. The molecule has 96 valence electrons. The molecule has 3 nitrogen and oxygen atoms in total. The summed E-state index contributed by atoms with van der Waals surface area (Å²) in [4.78, 5) is 4.35. The minimum absolute atomic E-state index is 0.610. The largest absolute Gasteiger partial charge is 0.444 e. The molecule has 1 N–H and O–H groups in total. The first-order valence-electron chi connectivity index (χ1n) is 6.95. The number of oxazole rings is 1. The Morgan fingerprint density at radius 2 is 2.12 bits per heavy atom. The number of nitrogens with one attached hydrogen (secondary N) is 1. The molecule has 0 aliphatic heterocycles. The second kappa shape index (κ2) is 6.20. The van der Waals surface area contributed by atoms with Gasteiger partial charge in [0.15, 0.2) is 0 Å². The molecule has 0 unspecified atom stereocenters. The van der Waals surface area contributed by atoms with E-state index >= 15 is 0 Å². The van der Waals surface area contributed by atoms with Crippen molar-refractivity contribution in [2.75, 3.05) is 6.54 Å². The molecule has 2 rings (SSSR count). The molecule has 0 atom stereocenters. The maximum Gasteiger partial charge on any atom is 0.208 e. The summed E-state index contributed by atoms with van der Waals surface area (Å²) in [5.74, 6) is 3.44. The summed E-state index contributed by atoms with van der Waals surface area (Å²) in [6.07, 6.45) is 8.26. The smallest absolute Gasteiger partial charge is 0.208 e. The Morgan fingerprint density at radius 3 is 2.82 bits per heavy atom. The van der Waals surface area contributed by atoms with Gasteiger partial charge in [0.05, 0.1) is 12.7 Å². The van der Waals surface area contributed by atoms with Crippen molar-refractivity contribution in [1.82, 2.24) is 10.3 Å². The van der Waals surface area contributed by atoms with Crippen LogP contribution in [-0.4, -0.2) is 11.5 Å². The molecular formula is C14H24N2O. The van der Waals surface area contributed by atoms with Gasteiger partial charge in [-0.2, -0.15) is 0 Å². The van der Waals surface area contributed by atoms with Gasteiger partial charge in [-0.05, 0) is 31.7 Å². The van der Waals surface area contributed by atoms with Crippen molar-refractivity contribution in [2.45, 2.75) is 58.4 Å². The molecule has 3 heteroatoms. The molecule has 1 fully saturated rings. The summed E-state index contributed by atoms with van der Waals surface area (Å²) in [5.41, 5.74) is 0. The van der Waals surface area contributed by atoms with E-state index in [9.17, 15) is 0 Å². The first kappa shape index (κ1) is 12.6. The van der Waals surface area contributed by atoms with Crippen LogP contribution in [0.5, 0.6) is 0 Å². The second-order valence-corrected chi connectivity index (χ2v) is 5.29. The van der Waals surface area contributed by atoms with Crippen molar-refractivity contribution in [3.63, 3.8) is 0 Å². The monoisotopic (exact) mass is 236 g/mol. The highest BCUT2D eigenvalue weighted by Crippen LogP contribution is 2.35. The van der Waals surface area contributed by atoms with Crippen molar-refractivity contribution >= 4 is 0 Å². The molecule has 0 spiro atoms. The topological polar surface area (TPSA) is 38.1 Å². The standard InChI is InChI=1S/C14H24N2O/c1-3-8-15-10-14-16-9-13(17-14)12-6-4-11(2)5-7-12/h9,11-12,15H,3-8,10H2,1-2H3. The van der Waals surface area contributed by atoms with Gasteiger partial charge < -0.3 is 9.73 Å². The molecule has 1 heterocycles. The van der Waals surface area contributed by atoms with E-state index in [2.05, 4.69) is 24.1 Å². The minimum Gasteiger partial charge on any atom is -0.444 e. The van der Waals surface area contributed by atoms with Crippen LogP contribution >= 0.6 is 0 Å². The summed E-state index contributed by atoms with van der Waals surface area (Å²) < 4.78 is 5.83. The van der Waals surface area contributed by atoms with Crippen molar-refractivity contribution < 1.29 is 4.42 Å². The summed E-state index contributed by atoms with van der Waals surface area (Å²) >= 11 is 0. The number of hydrogen-bond donors (Lipinski definition) is 1. The highest BCUT2D eigenvalue weighted by Gasteiger charge is 2.22. The summed E-state index contributed by atoms with van der Waals surface area (Å²) in [7, 11) is 0. The van der Waals surface area contributed by atoms with Gasteiger partial charge in [-0.1, -0.05) is 26.7 Å². The molecule has 1 saturated carbocycles. The van der Waals surface area contributed by atoms with Crippen LogP contribution in [0, 0.1) is 5.92 Å². The van der Waals surface area contributed by atoms with E-state index in [1.807, 2.05) is 6.20 Å². The lowest BCUT2D eigenvalue weighted by Gasteiger charge is -2.24. The van der Waals surface area contributed by atoms with Crippen LogP contribution < -0.4 is 5.32 Å². The zero-order chi connectivity index (χ0) is 12.1. The Bertz CT molecular complexity index is 327. The molecule has 0 amide bonds. The van der Waals surface area contributed by atoms with Gasteiger partial charge in [-0.15, -0.1) is 0 Å². The zero-order valence-electron chi connectivity index (χ0n) is 11.0. The fraction of sp³-hybridized carbons (Fsp3) is 0.786. The maximum absolute atomic E-state index is 5.83. The average Bonchev–Trinajstić information content (AvgIpc) is 2.79. The van der Waals surface area contributed by atoms with Crippen LogP contribution in [0.25, 0.3) is 0 Å². The lowest BCUT2D eigenvalue weighted by atomic mass is 9.82. The highest BCUT2D eigenvalue weighted by atomic mass is 16.4. The maximum atomic E-state index is 5.83. The number of nitrogens with zero attached hydrogens (tertiary/aromatic N) is 1. The van der Waals surface area contributed by atoms with E-state index in [0.29, 0.717) is 5.92 Å². The van der Waals surface area contributed by atoms with Gasteiger partial charge >= 0.3 is 0 Å². The predicted octanol–water partition coefficient (Wildman–Crippen LogP) is 3.47. The van der Waals surface area contributed by atoms with E-state index in [1.54, 1.807) is 0 Å². The Hall–Kier alpha value is -0.830. The summed E-state index contributed by atoms with van der Waals surface area (Å²) in [6, 6.07) is 0. The molecule has 1 aromatic rings. The first-order chi connectivity index (χ1) is 8.29. The summed E-state index contributed by atoms with van der Waals surface area (Å²) in [6.45, 7) is 6.30. The summed E-state index contributed by atoms with van der Waals surface area (Å²) in [5, 5.41) is 3.32. The van der Waals surface area contributed by atoms with Gasteiger partial charge in [0.25, 0.3) is 0 Å². The number of hydrogen-bond acceptors (Lipinski definition) is 3. The highest BCUT2D eigenvalue weighted by molar-refractivity contribution is 5.03. The molecular weight excluding hydrogens is 212 g/mol. The quantitative estimate of drug-likeness (QED) is 0.795. The fourth-order valence-corrected chi connectivity index (χ4v) is 2.51. The van der Waals surface area contributed by atoms with Crippen molar-refractivity contribution in [3.05, 3.63) is 17.8 Å². The molecule has 1 aliphatic carbocycles. The Kier molecular flexibility index (Phi) is 4.60. The molecule has 0 bridgehead atoms. The number of rotatable bonds is 5. The Balaban J connectivity index is 1.85. The molecule has 1 aromatic heterocycles. The molecule has 0 saturated heterocycles. The SMILES string of the molecule is CCCNCc1ncc(C2CCC(C)CC2)o1. The predicted molar refractivity (Wildman–Crippen MR) is 68.9 cm³/mol. The van der Waals surface area contributed by atoms with E-state index in [0.717, 1.165) is 37.1 Å². The van der Waals surface area contributed by atoms with E-state index in [4.69, 9.17) is 4.42 Å². The molecule has 0 aromatic carbocycles. The second-order valence-electron chi connectivity index (χ2n) is 5.29. The van der Waals surface area contributed by atoms with Crippen molar-refractivity contribution in [1.29, 1.82) is 0 Å². The lowest BCUT2D eigenvalue weighted by Crippen LogP contribution is -2.14. The van der Waals surface area contributed by atoms with Crippen molar-refractivity contribution in [2.24, 2.45) is 5.92 Å². The third kappa shape index (κ3) is 3.56. The van der Waals surface area contributed by atoms with Crippen LogP contribution in [0.1, 0.15) is 63.5 Å². The van der Waals surface area contributed by atoms with Gasteiger partial charge in [-0.3, -0.25) is 0 Å². The molecule has 17 heavy (non-hydrogen) atoms. The van der Waals surface area contributed by atoms with Crippen LogP contribution in [0.3, 0.4) is 0 Å². The minimum atomic E-state index is 0.610. The van der Waals surface area contributed by atoms with Gasteiger partial charge in [-0.25, -0.2) is 4.98 Å². The van der Waals surface area contributed by atoms with Gasteiger partial charge in [0.1, 0.15) is 5.76 Å². The van der Waals surface area contributed by atoms with E-state index in [-0.39, 0.29) is 0 Å².